The topological polar surface area (TPSA) is 80.9 Å². The van der Waals surface area contributed by atoms with Crippen LogP contribution in [0.1, 0.15) is 12.2 Å². The lowest BCUT2D eigenvalue weighted by atomic mass is 10.3. The molecular formula is C10H9ClN4O2. The molecule has 0 aliphatic heterocycles. The van der Waals surface area contributed by atoms with Crippen molar-refractivity contribution in [2.75, 3.05) is 0 Å². The fourth-order valence-corrected chi connectivity index (χ4v) is 1.46. The first-order chi connectivity index (χ1) is 8.15. The number of benzene rings is 1. The molecule has 7 heteroatoms. The molecule has 1 aromatic heterocycles. The summed E-state index contributed by atoms with van der Waals surface area (Å²) < 4.78 is 0. The van der Waals surface area contributed by atoms with E-state index in [9.17, 15) is 4.79 Å². The molecule has 1 heterocycles. The van der Waals surface area contributed by atoms with Crippen molar-refractivity contribution in [1.29, 1.82) is 0 Å². The van der Waals surface area contributed by atoms with Gasteiger partial charge >= 0.3 is 5.97 Å². The fourth-order valence-electron chi connectivity index (χ4n) is 1.27. The quantitative estimate of drug-likeness (QED) is 0.888. The Morgan fingerprint density at radius 3 is 3.00 bits per heavy atom. The molecule has 1 N–H and O–H groups in total. The fraction of sp³-hybridized carbons (Fsp3) is 0.200. The molecule has 0 amide bonds. The van der Waals surface area contributed by atoms with Crippen molar-refractivity contribution in [2.45, 2.75) is 12.8 Å². The molecule has 0 atom stereocenters. The van der Waals surface area contributed by atoms with Crippen molar-refractivity contribution in [2.24, 2.45) is 0 Å². The van der Waals surface area contributed by atoms with Crippen molar-refractivity contribution < 1.29 is 9.90 Å². The van der Waals surface area contributed by atoms with Gasteiger partial charge in [0.15, 0.2) is 5.82 Å². The maximum atomic E-state index is 10.4. The van der Waals surface area contributed by atoms with Crippen molar-refractivity contribution in [3.05, 3.63) is 35.1 Å². The maximum Gasteiger partial charge on any atom is 0.303 e. The smallest absolute Gasteiger partial charge is 0.303 e. The van der Waals surface area contributed by atoms with E-state index in [1.807, 2.05) is 0 Å². The Balaban J connectivity index is 2.15. The van der Waals surface area contributed by atoms with Gasteiger partial charge in [-0.05, 0) is 23.4 Å². The highest BCUT2D eigenvalue weighted by Gasteiger charge is 2.07. The van der Waals surface area contributed by atoms with Crippen LogP contribution in [-0.2, 0) is 11.2 Å². The third kappa shape index (κ3) is 3.01. The van der Waals surface area contributed by atoms with E-state index in [1.54, 1.807) is 24.3 Å². The average Bonchev–Trinajstić information content (AvgIpc) is 2.75. The second-order valence-electron chi connectivity index (χ2n) is 3.37. The highest BCUT2D eigenvalue weighted by molar-refractivity contribution is 6.30. The van der Waals surface area contributed by atoms with Gasteiger partial charge in [-0.15, -0.1) is 15.0 Å². The summed E-state index contributed by atoms with van der Waals surface area (Å²) in [4.78, 5) is 11.7. The Morgan fingerprint density at radius 1 is 1.47 bits per heavy atom. The van der Waals surface area contributed by atoms with Crippen molar-refractivity contribution >= 4 is 17.6 Å². The number of rotatable bonds is 4. The van der Waals surface area contributed by atoms with Crippen molar-refractivity contribution in [3.63, 3.8) is 0 Å². The summed E-state index contributed by atoms with van der Waals surface area (Å²) in [6.45, 7) is 0. The summed E-state index contributed by atoms with van der Waals surface area (Å²) in [6.07, 6.45) is 0.247. The molecule has 0 bridgehead atoms. The molecule has 0 saturated carbocycles. The predicted molar refractivity (Wildman–Crippen MR) is 60.1 cm³/mol. The van der Waals surface area contributed by atoms with E-state index in [-0.39, 0.29) is 12.8 Å². The van der Waals surface area contributed by atoms with Gasteiger partial charge in [0.05, 0.1) is 12.1 Å². The van der Waals surface area contributed by atoms with E-state index in [2.05, 4.69) is 15.4 Å². The van der Waals surface area contributed by atoms with Crippen LogP contribution in [0.25, 0.3) is 5.69 Å². The molecule has 0 saturated heterocycles. The van der Waals surface area contributed by atoms with E-state index < -0.39 is 5.97 Å². The van der Waals surface area contributed by atoms with Crippen LogP contribution in [0.2, 0.25) is 5.02 Å². The minimum absolute atomic E-state index is 0.0127. The Labute approximate surface area is 102 Å². The summed E-state index contributed by atoms with van der Waals surface area (Å²) in [7, 11) is 0. The Hall–Kier alpha value is -1.95. The molecule has 17 heavy (non-hydrogen) atoms. The number of aromatic nitrogens is 4. The van der Waals surface area contributed by atoms with Crippen LogP contribution < -0.4 is 0 Å². The number of aryl methyl sites for hydroxylation is 1. The SMILES string of the molecule is O=C(O)CCc1nnn(-c2cccc(Cl)c2)n1. The number of aliphatic carboxylic acids is 1. The number of halogens is 1. The lowest BCUT2D eigenvalue weighted by molar-refractivity contribution is -0.137. The van der Waals surface area contributed by atoms with Crippen molar-refractivity contribution in [1.82, 2.24) is 20.2 Å². The Bertz CT molecular complexity index is 541. The molecule has 0 fully saturated rings. The predicted octanol–water partition coefficient (Wildman–Crippen LogP) is 1.33. The van der Waals surface area contributed by atoms with Gasteiger partial charge < -0.3 is 5.11 Å². The molecule has 0 spiro atoms. The molecule has 0 unspecified atom stereocenters. The molecule has 2 aromatic rings. The number of hydrogen-bond acceptors (Lipinski definition) is 4. The summed E-state index contributed by atoms with van der Waals surface area (Å²) in [5.74, 6) is -0.489. The first-order valence-corrected chi connectivity index (χ1v) is 5.29. The molecule has 2 rings (SSSR count). The van der Waals surface area contributed by atoms with Gasteiger partial charge in [-0.2, -0.15) is 0 Å². The standard InChI is InChI=1S/C10H9ClN4O2/c11-7-2-1-3-8(6-7)15-13-9(12-14-15)4-5-10(16)17/h1-3,6H,4-5H2,(H,16,17). The minimum atomic E-state index is -0.885. The van der Waals surface area contributed by atoms with Gasteiger partial charge in [0.25, 0.3) is 0 Å². The zero-order chi connectivity index (χ0) is 12.3. The highest BCUT2D eigenvalue weighted by atomic mass is 35.5. The van der Waals surface area contributed by atoms with Crippen LogP contribution in [0.15, 0.2) is 24.3 Å². The van der Waals surface area contributed by atoms with E-state index in [4.69, 9.17) is 16.7 Å². The number of carbonyl (C=O) groups is 1. The molecule has 0 radical (unpaired) electrons. The second kappa shape index (κ2) is 4.92. The lowest BCUT2D eigenvalue weighted by Crippen LogP contribution is -2.01. The Morgan fingerprint density at radius 2 is 2.29 bits per heavy atom. The lowest BCUT2D eigenvalue weighted by Gasteiger charge is -1.97. The molecular weight excluding hydrogens is 244 g/mol. The van der Waals surface area contributed by atoms with Crippen molar-refractivity contribution in [3.8, 4) is 5.69 Å². The van der Waals surface area contributed by atoms with Gasteiger partial charge in [-0.3, -0.25) is 4.79 Å². The normalized spacial score (nSPS) is 10.4. The zero-order valence-electron chi connectivity index (χ0n) is 8.75. The van der Waals surface area contributed by atoms with Gasteiger partial charge in [0, 0.05) is 11.4 Å². The molecule has 0 aliphatic rings. The molecule has 88 valence electrons. The zero-order valence-corrected chi connectivity index (χ0v) is 9.50. The summed E-state index contributed by atoms with van der Waals surface area (Å²) in [6, 6.07) is 7.00. The maximum absolute atomic E-state index is 10.4. The first-order valence-electron chi connectivity index (χ1n) is 4.92. The molecule has 0 aliphatic carbocycles. The third-order valence-electron chi connectivity index (χ3n) is 2.06. The van der Waals surface area contributed by atoms with Crippen LogP contribution in [-0.4, -0.2) is 31.3 Å². The van der Waals surface area contributed by atoms with Gasteiger partial charge in [-0.25, -0.2) is 0 Å². The number of nitrogens with zero attached hydrogens (tertiary/aromatic N) is 4. The number of carboxylic acid groups (broad SMARTS) is 1. The number of tetrazole rings is 1. The van der Waals surface area contributed by atoms with Gasteiger partial charge in [0.1, 0.15) is 0 Å². The van der Waals surface area contributed by atoms with E-state index in [1.165, 1.54) is 4.80 Å². The largest absolute Gasteiger partial charge is 0.481 e. The van der Waals surface area contributed by atoms with Crippen LogP contribution in [0.3, 0.4) is 0 Å². The molecule has 1 aromatic carbocycles. The van der Waals surface area contributed by atoms with E-state index in [0.29, 0.717) is 16.5 Å². The Kier molecular flexibility index (Phi) is 3.34. The highest BCUT2D eigenvalue weighted by Crippen LogP contribution is 2.12. The van der Waals surface area contributed by atoms with E-state index in [0.717, 1.165) is 0 Å². The van der Waals surface area contributed by atoms with Gasteiger partial charge in [0.2, 0.25) is 0 Å². The first kappa shape index (κ1) is 11.5. The van der Waals surface area contributed by atoms with Gasteiger partial charge in [-0.1, -0.05) is 17.7 Å². The monoisotopic (exact) mass is 252 g/mol. The van der Waals surface area contributed by atoms with Crippen LogP contribution >= 0.6 is 11.6 Å². The third-order valence-corrected chi connectivity index (χ3v) is 2.29. The average molecular weight is 253 g/mol. The van der Waals surface area contributed by atoms with Crippen LogP contribution in [0.5, 0.6) is 0 Å². The van der Waals surface area contributed by atoms with Crippen LogP contribution in [0.4, 0.5) is 0 Å². The summed E-state index contributed by atoms with van der Waals surface area (Å²) >= 11 is 5.84. The number of carboxylic acids is 1. The van der Waals surface area contributed by atoms with Crippen LogP contribution in [0, 0.1) is 0 Å². The minimum Gasteiger partial charge on any atom is -0.481 e. The number of hydrogen-bond donors (Lipinski definition) is 1. The van der Waals surface area contributed by atoms with E-state index >= 15 is 0 Å². The second-order valence-corrected chi connectivity index (χ2v) is 3.81. The summed E-state index contributed by atoms with van der Waals surface area (Å²) in [5, 5.41) is 20.8. The molecule has 6 nitrogen and oxygen atoms in total. The summed E-state index contributed by atoms with van der Waals surface area (Å²) in [5.41, 5.74) is 0.687.